The van der Waals surface area contributed by atoms with Gasteiger partial charge in [0.25, 0.3) is 0 Å². The van der Waals surface area contributed by atoms with Crippen LogP contribution >= 0.6 is 22.9 Å². The quantitative estimate of drug-likeness (QED) is 0.886. The lowest BCUT2D eigenvalue weighted by Crippen LogP contribution is -2.26. The summed E-state index contributed by atoms with van der Waals surface area (Å²) in [6.07, 6.45) is 0.964. The van der Waals surface area contributed by atoms with Crippen molar-refractivity contribution in [2.45, 2.75) is 25.3 Å². The first-order valence-corrected chi connectivity index (χ1v) is 7.01. The molecule has 0 aliphatic carbocycles. The molecule has 1 nitrogen and oxygen atoms in total. The van der Waals surface area contributed by atoms with E-state index in [2.05, 4.69) is 35.9 Å². The van der Waals surface area contributed by atoms with Crippen molar-refractivity contribution in [2.75, 3.05) is 0 Å². The Kier molecular flexibility index (Phi) is 4.21. The van der Waals surface area contributed by atoms with Gasteiger partial charge in [0.15, 0.2) is 0 Å². The van der Waals surface area contributed by atoms with Crippen molar-refractivity contribution in [3.63, 3.8) is 0 Å². The number of halogens is 1. The van der Waals surface area contributed by atoms with Gasteiger partial charge in [-0.3, -0.25) is 0 Å². The van der Waals surface area contributed by atoms with Crippen molar-refractivity contribution in [3.05, 3.63) is 57.2 Å². The Labute approximate surface area is 111 Å². The molecule has 0 aliphatic rings. The Bertz CT molecular complexity index is 448. The van der Waals surface area contributed by atoms with Gasteiger partial charge < -0.3 is 5.73 Å². The Morgan fingerprint density at radius 1 is 1.24 bits per heavy atom. The lowest BCUT2D eigenvalue weighted by atomic mass is 9.89. The third-order valence-corrected chi connectivity index (χ3v) is 3.93. The van der Waals surface area contributed by atoms with E-state index in [-0.39, 0.29) is 6.04 Å². The van der Waals surface area contributed by atoms with Crippen molar-refractivity contribution in [1.29, 1.82) is 0 Å². The minimum absolute atomic E-state index is 0.153. The molecule has 1 aromatic carbocycles. The van der Waals surface area contributed by atoms with Crippen LogP contribution in [0.2, 0.25) is 5.02 Å². The molecule has 2 aromatic rings. The third kappa shape index (κ3) is 3.32. The zero-order chi connectivity index (χ0) is 12.3. The minimum atomic E-state index is 0.153. The van der Waals surface area contributed by atoms with Crippen LogP contribution in [0.15, 0.2) is 41.1 Å². The largest absolute Gasteiger partial charge is 0.327 e. The van der Waals surface area contributed by atoms with E-state index >= 15 is 0 Å². The Hall–Kier alpha value is -0.830. The summed E-state index contributed by atoms with van der Waals surface area (Å²) in [5, 5.41) is 5.07. The standard InChI is InChI=1S/C14H16ClNS/c1-10(16)14(12-6-7-17-9-12)8-11-2-4-13(15)5-3-11/h2-7,9-10,14H,8,16H2,1H3/t10-,14-/m0/s1. The van der Waals surface area contributed by atoms with E-state index in [1.165, 1.54) is 11.1 Å². The van der Waals surface area contributed by atoms with Crippen LogP contribution in [0.3, 0.4) is 0 Å². The molecule has 0 radical (unpaired) electrons. The van der Waals surface area contributed by atoms with Crippen LogP contribution in [0, 0.1) is 0 Å². The van der Waals surface area contributed by atoms with Gasteiger partial charge in [-0.2, -0.15) is 11.3 Å². The van der Waals surface area contributed by atoms with Crippen molar-refractivity contribution in [3.8, 4) is 0 Å². The first-order valence-electron chi connectivity index (χ1n) is 5.69. The predicted octanol–water partition coefficient (Wildman–Crippen LogP) is 4.08. The van der Waals surface area contributed by atoms with E-state index in [1.54, 1.807) is 11.3 Å². The topological polar surface area (TPSA) is 26.0 Å². The fraction of sp³-hybridized carbons (Fsp3) is 0.286. The maximum Gasteiger partial charge on any atom is 0.0406 e. The van der Waals surface area contributed by atoms with Gasteiger partial charge in [-0.25, -0.2) is 0 Å². The summed E-state index contributed by atoms with van der Waals surface area (Å²) in [7, 11) is 0. The van der Waals surface area contributed by atoms with Crippen LogP contribution < -0.4 is 5.73 Å². The van der Waals surface area contributed by atoms with Crippen molar-refractivity contribution in [2.24, 2.45) is 5.73 Å². The van der Waals surface area contributed by atoms with Gasteiger partial charge in [-0.1, -0.05) is 23.7 Å². The highest BCUT2D eigenvalue weighted by atomic mass is 35.5. The molecule has 2 atom stereocenters. The van der Waals surface area contributed by atoms with E-state index < -0.39 is 0 Å². The second-order valence-electron chi connectivity index (χ2n) is 4.35. The maximum absolute atomic E-state index is 6.08. The normalized spacial score (nSPS) is 14.5. The highest BCUT2D eigenvalue weighted by molar-refractivity contribution is 7.07. The summed E-state index contributed by atoms with van der Waals surface area (Å²) in [5.74, 6) is 0.377. The molecule has 17 heavy (non-hydrogen) atoms. The number of hydrogen-bond acceptors (Lipinski definition) is 2. The van der Waals surface area contributed by atoms with Gasteiger partial charge in [0.1, 0.15) is 0 Å². The van der Waals surface area contributed by atoms with Gasteiger partial charge in [0.2, 0.25) is 0 Å². The summed E-state index contributed by atoms with van der Waals surface area (Å²) >= 11 is 7.61. The zero-order valence-corrected chi connectivity index (χ0v) is 11.3. The smallest absolute Gasteiger partial charge is 0.0406 e. The summed E-state index contributed by atoms with van der Waals surface area (Å²) in [6.45, 7) is 2.07. The van der Waals surface area contributed by atoms with Crippen molar-refractivity contribution in [1.82, 2.24) is 0 Å². The van der Waals surface area contributed by atoms with Crippen molar-refractivity contribution >= 4 is 22.9 Å². The zero-order valence-electron chi connectivity index (χ0n) is 9.77. The molecule has 0 bridgehead atoms. The van der Waals surface area contributed by atoms with E-state index in [9.17, 15) is 0 Å². The minimum Gasteiger partial charge on any atom is -0.327 e. The molecule has 0 spiro atoms. The second kappa shape index (κ2) is 5.67. The Balaban J connectivity index is 2.16. The summed E-state index contributed by atoms with van der Waals surface area (Å²) < 4.78 is 0. The third-order valence-electron chi connectivity index (χ3n) is 2.97. The van der Waals surface area contributed by atoms with Gasteiger partial charge in [-0.05, 0) is 53.4 Å². The average molecular weight is 266 g/mol. The van der Waals surface area contributed by atoms with Gasteiger partial charge in [0, 0.05) is 17.0 Å². The van der Waals surface area contributed by atoms with Crippen LogP contribution in [0.25, 0.3) is 0 Å². The maximum atomic E-state index is 6.08. The van der Waals surface area contributed by atoms with Gasteiger partial charge in [0.05, 0.1) is 0 Å². The fourth-order valence-corrected chi connectivity index (χ4v) is 2.82. The summed E-state index contributed by atoms with van der Waals surface area (Å²) in [5.41, 5.74) is 8.70. The van der Waals surface area contributed by atoms with E-state index in [0.717, 1.165) is 11.4 Å². The molecule has 0 saturated heterocycles. The van der Waals surface area contributed by atoms with Crippen LogP contribution in [0.5, 0.6) is 0 Å². The lowest BCUT2D eigenvalue weighted by Gasteiger charge is -2.20. The van der Waals surface area contributed by atoms with Gasteiger partial charge >= 0.3 is 0 Å². The molecular weight excluding hydrogens is 250 g/mol. The molecule has 0 amide bonds. The first kappa shape index (κ1) is 12.6. The summed E-state index contributed by atoms with van der Waals surface area (Å²) in [6, 6.07) is 10.3. The lowest BCUT2D eigenvalue weighted by molar-refractivity contribution is 0.566. The molecule has 3 heteroatoms. The monoisotopic (exact) mass is 265 g/mol. The van der Waals surface area contributed by atoms with E-state index in [4.69, 9.17) is 17.3 Å². The molecule has 0 aliphatic heterocycles. The van der Waals surface area contributed by atoms with E-state index in [1.807, 2.05) is 12.1 Å². The number of thiophene rings is 1. The number of hydrogen-bond donors (Lipinski definition) is 1. The second-order valence-corrected chi connectivity index (χ2v) is 5.57. The molecule has 2 N–H and O–H groups in total. The average Bonchev–Trinajstić information content (AvgIpc) is 2.81. The molecule has 0 unspecified atom stereocenters. The summed E-state index contributed by atoms with van der Waals surface area (Å²) in [4.78, 5) is 0. The van der Waals surface area contributed by atoms with Crippen molar-refractivity contribution < 1.29 is 0 Å². The Morgan fingerprint density at radius 3 is 2.47 bits per heavy atom. The predicted molar refractivity (Wildman–Crippen MR) is 75.9 cm³/mol. The molecule has 1 aromatic heterocycles. The van der Waals surface area contributed by atoms with E-state index in [0.29, 0.717) is 5.92 Å². The molecule has 0 fully saturated rings. The van der Waals surface area contributed by atoms with Crippen LogP contribution in [-0.4, -0.2) is 6.04 Å². The van der Waals surface area contributed by atoms with Crippen LogP contribution in [0.4, 0.5) is 0 Å². The molecule has 1 heterocycles. The number of rotatable bonds is 4. The number of benzene rings is 1. The number of nitrogens with two attached hydrogens (primary N) is 1. The first-order chi connectivity index (χ1) is 8.16. The fourth-order valence-electron chi connectivity index (χ4n) is 1.97. The highest BCUT2D eigenvalue weighted by Crippen LogP contribution is 2.26. The molecule has 0 saturated carbocycles. The van der Waals surface area contributed by atoms with Gasteiger partial charge in [-0.15, -0.1) is 0 Å². The molecular formula is C14H16ClNS. The Morgan fingerprint density at radius 2 is 1.94 bits per heavy atom. The highest BCUT2D eigenvalue weighted by Gasteiger charge is 2.17. The van der Waals surface area contributed by atoms with Crippen LogP contribution in [-0.2, 0) is 6.42 Å². The molecule has 2 rings (SSSR count). The molecule has 90 valence electrons. The van der Waals surface area contributed by atoms with Crippen LogP contribution in [0.1, 0.15) is 24.0 Å². The SMILES string of the molecule is C[C@H](N)[C@H](Cc1ccc(Cl)cc1)c1ccsc1.